The quantitative estimate of drug-likeness (QED) is 0.381. The number of hydrogen-bond acceptors (Lipinski definition) is 4. The molecule has 2 amide bonds. The van der Waals surface area contributed by atoms with Gasteiger partial charge in [0.1, 0.15) is 0 Å². The van der Waals surface area contributed by atoms with Crippen molar-refractivity contribution in [3.05, 3.63) is 76.5 Å². The monoisotopic (exact) mass is 529 g/mol. The molecule has 0 saturated carbocycles. The van der Waals surface area contributed by atoms with Gasteiger partial charge in [0, 0.05) is 0 Å². The van der Waals surface area contributed by atoms with Gasteiger partial charge in [-0.05, 0) is 0 Å². The number of primary amides is 1. The number of amides is 2. The summed E-state index contributed by atoms with van der Waals surface area (Å²) < 4.78 is 4.64. The Balaban J connectivity index is 1.85. The van der Waals surface area contributed by atoms with Crippen molar-refractivity contribution in [3.63, 3.8) is 0 Å². The number of nitrogens with two attached hydrogens (primary N) is 1. The van der Waals surface area contributed by atoms with Gasteiger partial charge in [-0.2, -0.15) is 0 Å². The summed E-state index contributed by atoms with van der Waals surface area (Å²) in [5.41, 5.74) is 7.40. The van der Waals surface area contributed by atoms with E-state index in [-0.39, 0.29) is 20.9 Å². The fourth-order valence-corrected chi connectivity index (χ4v) is 6.11. The van der Waals surface area contributed by atoms with E-state index in [1.165, 1.54) is 12.4 Å². The van der Waals surface area contributed by atoms with Gasteiger partial charge in [0.15, 0.2) is 0 Å². The number of nitrogens with zero attached hydrogens (tertiary/aromatic N) is 3. The summed E-state index contributed by atoms with van der Waals surface area (Å²) in [6.07, 6.45) is 3.00. The van der Waals surface area contributed by atoms with Crippen molar-refractivity contribution in [2.24, 2.45) is 5.73 Å². The van der Waals surface area contributed by atoms with Gasteiger partial charge in [0.05, 0.1) is 0 Å². The Morgan fingerprint density at radius 3 is 2.53 bits per heavy atom. The number of nitrogens with one attached hydrogen (secondary N) is 1. The molecule has 4 aromatic rings. The molecule has 0 radical (unpaired) electrons. The minimum absolute atomic E-state index is 0.247. The second-order valence-electron chi connectivity index (χ2n) is 6.33. The molecule has 0 spiro atoms. The van der Waals surface area contributed by atoms with Crippen LogP contribution in [0.5, 0.6) is 0 Å². The summed E-state index contributed by atoms with van der Waals surface area (Å²) in [7, 11) is 1.56. The Morgan fingerprint density at radius 2 is 1.83 bits per heavy atom. The number of carbonyl (C=O) groups excluding carboxylic acids is 2. The summed E-state index contributed by atoms with van der Waals surface area (Å²) in [6, 6.07) is 15.4. The van der Waals surface area contributed by atoms with E-state index in [4.69, 9.17) is 5.73 Å². The molecule has 2 heterocycles. The van der Waals surface area contributed by atoms with Crippen LogP contribution >= 0.6 is 15.9 Å². The third kappa shape index (κ3) is 3.87. The first kappa shape index (κ1) is 20.3. The van der Waals surface area contributed by atoms with Crippen LogP contribution in [0.15, 0.2) is 65.4 Å². The van der Waals surface area contributed by atoms with E-state index in [1.54, 1.807) is 19.2 Å². The Morgan fingerprint density at radius 1 is 1.10 bits per heavy atom. The minimum atomic E-state index is -0.465. The van der Waals surface area contributed by atoms with E-state index >= 15 is 0 Å². The van der Waals surface area contributed by atoms with E-state index in [0.29, 0.717) is 17.1 Å². The van der Waals surface area contributed by atoms with Crippen LogP contribution in [-0.4, -0.2) is 48.4 Å². The molecule has 2 aromatic carbocycles. The number of halogens is 1. The zero-order valence-electron chi connectivity index (χ0n) is 15.8. The second-order valence-corrected chi connectivity index (χ2v) is 9.48. The van der Waals surface area contributed by atoms with E-state index in [2.05, 4.69) is 37.3 Å². The third-order valence-electron chi connectivity index (χ3n) is 4.43. The third-order valence-corrected chi connectivity index (χ3v) is 7.16. The molecule has 3 N–H and O–H groups in total. The van der Waals surface area contributed by atoms with Crippen LogP contribution in [0.3, 0.4) is 0 Å². The average Bonchev–Trinajstić information content (AvgIpc) is 3.11. The van der Waals surface area contributed by atoms with Crippen molar-refractivity contribution in [2.45, 2.75) is 0 Å². The first-order valence-electron chi connectivity index (χ1n) is 8.90. The molecular weight excluding hydrogens is 513 g/mol. The van der Waals surface area contributed by atoms with Crippen molar-refractivity contribution in [3.8, 4) is 5.95 Å². The molecule has 30 heavy (non-hydrogen) atoms. The van der Waals surface area contributed by atoms with Crippen molar-refractivity contribution < 1.29 is 9.59 Å². The standard InChI is InChI=1S/C21H16BrN5O2Se/c1-24-20(29)13-10-25-21(26-11-13)27-16-5-3-2-4-12(16)8-18(27)30-17-9-14(22)6-7-15(17)19(23)28/h2-11H,1H3,(H2,23,28)(H,24,29). The van der Waals surface area contributed by atoms with Gasteiger partial charge in [-0.1, -0.05) is 0 Å². The summed E-state index contributed by atoms with van der Waals surface area (Å²) in [4.78, 5) is 32.6. The van der Waals surface area contributed by atoms with Gasteiger partial charge in [-0.15, -0.1) is 0 Å². The molecule has 0 saturated heterocycles. The number of benzene rings is 2. The van der Waals surface area contributed by atoms with Gasteiger partial charge in [-0.25, -0.2) is 0 Å². The molecule has 4 rings (SSSR count). The van der Waals surface area contributed by atoms with Crippen molar-refractivity contribution in [1.82, 2.24) is 19.9 Å². The fraction of sp³-hybridized carbons (Fsp3) is 0.0476. The number of rotatable bonds is 5. The van der Waals surface area contributed by atoms with Crippen LogP contribution in [0.2, 0.25) is 0 Å². The van der Waals surface area contributed by atoms with Crippen molar-refractivity contribution >= 4 is 62.7 Å². The average molecular weight is 529 g/mol. The molecule has 0 unspecified atom stereocenters. The predicted octanol–water partition coefficient (Wildman–Crippen LogP) is 1.30. The summed E-state index contributed by atoms with van der Waals surface area (Å²) in [5.74, 6) is -0.256. The predicted molar refractivity (Wildman–Crippen MR) is 120 cm³/mol. The van der Waals surface area contributed by atoms with E-state index in [1.807, 2.05) is 34.9 Å². The summed E-state index contributed by atoms with van der Waals surface area (Å²) in [5, 5.41) is 3.59. The van der Waals surface area contributed by atoms with E-state index in [0.717, 1.165) is 24.4 Å². The van der Waals surface area contributed by atoms with Crippen LogP contribution in [0.25, 0.3) is 16.9 Å². The number of carbonyl (C=O) groups is 2. The number of aromatic nitrogens is 3. The van der Waals surface area contributed by atoms with Gasteiger partial charge in [0.25, 0.3) is 0 Å². The molecule has 0 atom stereocenters. The van der Waals surface area contributed by atoms with Crippen LogP contribution in [0.1, 0.15) is 20.7 Å². The van der Waals surface area contributed by atoms with Gasteiger partial charge in [-0.3, -0.25) is 0 Å². The van der Waals surface area contributed by atoms with Gasteiger partial charge >= 0.3 is 187 Å². The molecule has 0 fully saturated rings. The molecule has 7 nitrogen and oxygen atoms in total. The fourth-order valence-electron chi connectivity index (χ4n) is 3.01. The molecule has 150 valence electrons. The van der Waals surface area contributed by atoms with Crippen LogP contribution in [0.4, 0.5) is 0 Å². The molecule has 2 aromatic heterocycles. The summed E-state index contributed by atoms with van der Waals surface area (Å²) in [6.45, 7) is 0. The Hall–Kier alpha value is -3.00. The SMILES string of the molecule is CNC(=O)c1cnc(-n2c([Se]c3cc(Br)ccc3C(N)=O)cc3ccccc32)nc1. The molecule has 0 bridgehead atoms. The van der Waals surface area contributed by atoms with Gasteiger partial charge in [0.2, 0.25) is 0 Å². The van der Waals surface area contributed by atoms with Gasteiger partial charge < -0.3 is 0 Å². The number of para-hydroxylation sites is 1. The molecular formula is C21H16BrN5O2Se. The normalized spacial score (nSPS) is 10.9. The number of hydrogen-bond donors (Lipinski definition) is 2. The Kier molecular flexibility index (Phi) is 5.67. The van der Waals surface area contributed by atoms with Crippen molar-refractivity contribution in [1.29, 1.82) is 0 Å². The zero-order chi connectivity index (χ0) is 21.3. The number of fused-ring (bicyclic) bond motifs is 1. The van der Waals surface area contributed by atoms with Crippen molar-refractivity contribution in [2.75, 3.05) is 7.05 Å². The van der Waals surface area contributed by atoms with Crippen LogP contribution in [-0.2, 0) is 0 Å². The molecule has 0 aliphatic carbocycles. The van der Waals surface area contributed by atoms with E-state index in [9.17, 15) is 9.59 Å². The zero-order valence-corrected chi connectivity index (χ0v) is 19.1. The molecule has 0 aliphatic rings. The Bertz CT molecular complexity index is 1270. The Labute approximate surface area is 187 Å². The first-order valence-corrected chi connectivity index (χ1v) is 11.4. The summed E-state index contributed by atoms with van der Waals surface area (Å²) >= 11 is 3.22. The molecule has 0 aliphatic heterocycles. The topological polar surface area (TPSA) is 103 Å². The maximum atomic E-state index is 11.9. The van der Waals surface area contributed by atoms with E-state index < -0.39 is 5.91 Å². The second kappa shape index (κ2) is 8.39. The van der Waals surface area contributed by atoms with Crippen LogP contribution < -0.4 is 20.1 Å². The first-order chi connectivity index (χ1) is 14.5. The maximum absolute atomic E-state index is 11.9. The molecule has 9 heteroatoms. The van der Waals surface area contributed by atoms with Crippen LogP contribution in [0, 0.1) is 0 Å².